The summed E-state index contributed by atoms with van der Waals surface area (Å²) in [5, 5.41) is 3.24. The van der Waals surface area contributed by atoms with Crippen molar-refractivity contribution in [3.63, 3.8) is 0 Å². The van der Waals surface area contributed by atoms with E-state index in [-0.39, 0.29) is 0 Å². The van der Waals surface area contributed by atoms with E-state index in [9.17, 15) is 8.42 Å². The molecule has 4 nitrogen and oxygen atoms in total. The number of sulfonamides is 1. The molecule has 2 rings (SSSR count). The zero-order chi connectivity index (χ0) is 14.6. The Kier molecular flexibility index (Phi) is 5.37. The van der Waals surface area contributed by atoms with Crippen LogP contribution in [-0.2, 0) is 10.0 Å². The van der Waals surface area contributed by atoms with Gasteiger partial charge in [0.2, 0.25) is 10.0 Å². The van der Waals surface area contributed by atoms with Gasteiger partial charge in [0.05, 0.1) is 4.90 Å². The van der Waals surface area contributed by atoms with Crippen molar-refractivity contribution in [2.45, 2.75) is 24.7 Å². The quantitative estimate of drug-likeness (QED) is 0.794. The number of halogens is 1. The number of hydrogen-bond donors (Lipinski definition) is 2. The first kappa shape index (κ1) is 15.7. The van der Waals surface area contributed by atoms with Crippen LogP contribution in [0.2, 0.25) is 0 Å². The van der Waals surface area contributed by atoms with Gasteiger partial charge in [-0.3, -0.25) is 0 Å². The van der Waals surface area contributed by atoms with Gasteiger partial charge in [0.25, 0.3) is 0 Å². The predicted octanol–water partition coefficient (Wildman–Crippen LogP) is 2.35. The minimum atomic E-state index is -3.44. The molecule has 1 aromatic carbocycles. The molecular weight excluding hydrogens is 340 g/mol. The van der Waals surface area contributed by atoms with Crippen LogP contribution < -0.4 is 10.0 Å². The van der Waals surface area contributed by atoms with Crippen molar-refractivity contribution in [2.75, 3.05) is 19.6 Å². The topological polar surface area (TPSA) is 58.2 Å². The Hall–Kier alpha value is -0.690. The van der Waals surface area contributed by atoms with Gasteiger partial charge in [0, 0.05) is 17.6 Å². The standard InChI is InChI=1S/C14H19BrN2O2S/c1-11-2-3-13(15)10-14(11)20(18,19)17-9-6-12-4-7-16-8-5-12/h2-4,10,16-17H,5-9H2,1H3. The van der Waals surface area contributed by atoms with Crippen LogP contribution >= 0.6 is 15.9 Å². The van der Waals surface area contributed by atoms with Gasteiger partial charge in [-0.1, -0.05) is 33.6 Å². The van der Waals surface area contributed by atoms with Crippen LogP contribution in [0.15, 0.2) is 39.2 Å². The summed E-state index contributed by atoms with van der Waals surface area (Å²) in [5.74, 6) is 0. The van der Waals surface area contributed by atoms with E-state index in [0.29, 0.717) is 11.4 Å². The first-order valence-corrected chi connectivity index (χ1v) is 8.91. The van der Waals surface area contributed by atoms with Gasteiger partial charge in [-0.25, -0.2) is 13.1 Å². The van der Waals surface area contributed by atoms with Gasteiger partial charge in [0.1, 0.15) is 0 Å². The number of aryl methyl sites for hydroxylation is 1. The van der Waals surface area contributed by atoms with Crippen LogP contribution in [0.4, 0.5) is 0 Å². The number of benzene rings is 1. The maximum absolute atomic E-state index is 12.3. The monoisotopic (exact) mass is 358 g/mol. The molecule has 110 valence electrons. The molecule has 2 N–H and O–H groups in total. The van der Waals surface area contributed by atoms with Crippen molar-refractivity contribution in [3.8, 4) is 0 Å². The van der Waals surface area contributed by atoms with Crippen LogP contribution in [0.25, 0.3) is 0 Å². The minimum absolute atomic E-state index is 0.339. The molecule has 0 saturated carbocycles. The zero-order valence-electron chi connectivity index (χ0n) is 11.4. The van der Waals surface area contributed by atoms with E-state index in [2.05, 4.69) is 32.0 Å². The molecule has 6 heteroatoms. The van der Waals surface area contributed by atoms with Crippen molar-refractivity contribution >= 4 is 26.0 Å². The molecule has 0 aromatic heterocycles. The average Bonchev–Trinajstić information content (AvgIpc) is 2.42. The van der Waals surface area contributed by atoms with E-state index < -0.39 is 10.0 Å². The van der Waals surface area contributed by atoms with Gasteiger partial charge in [-0.2, -0.15) is 0 Å². The summed E-state index contributed by atoms with van der Waals surface area (Å²) < 4.78 is 28.0. The Morgan fingerprint density at radius 3 is 2.90 bits per heavy atom. The van der Waals surface area contributed by atoms with E-state index in [1.165, 1.54) is 5.57 Å². The summed E-state index contributed by atoms with van der Waals surface area (Å²) in [7, 11) is -3.44. The van der Waals surface area contributed by atoms with Crippen molar-refractivity contribution in [1.82, 2.24) is 10.0 Å². The lowest BCUT2D eigenvalue weighted by Crippen LogP contribution is -2.27. The lowest BCUT2D eigenvalue weighted by atomic mass is 10.1. The summed E-state index contributed by atoms with van der Waals surface area (Å²) in [6, 6.07) is 5.28. The van der Waals surface area contributed by atoms with Crippen molar-refractivity contribution in [3.05, 3.63) is 39.9 Å². The fourth-order valence-electron chi connectivity index (χ4n) is 2.18. The average molecular weight is 359 g/mol. The fourth-order valence-corrected chi connectivity index (χ4v) is 4.00. The summed E-state index contributed by atoms with van der Waals surface area (Å²) in [5.41, 5.74) is 2.07. The van der Waals surface area contributed by atoms with Crippen LogP contribution in [0.5, 0.6) is 0 Å². The molecule has 1 aliphatic heterocycles. The van der Waals surface area contributed by atoms with Crippen molar-refractivity contribution in [1.29, 1.82) is 0 Å². The molecule has 1 aliphatic rings. The highest BCUT2D eigenvalue weighted by Gasteiger charge is 2.16. The molecule has 0 atom stereocenters. The second-order valence-electron chi connectivity index (χ2n) is 4.87. The SMILES string of the molecule is Cc1ccc(Br)cc1S(=O)(=O)NCCC1=CCNCC1. The minimum Gasteiger partial charge on any atom is -0.313 e. The Bertz CT molecular complexity index is 612. The summed E-state index contributed by atoms with van der Waals surface area (Å²) in [4.78, 5) is 0.339. The molecule has 0 bridgehead atoms. The smallest absolute Gasteiger partial charge is 0.240 e. The fraction of sp³-hybridized carbons (Fsp3) is 0.429. The van der Waals surface area contributed by atoms with E-state index >= 15 is 0 Å². The van der Waals surface area contributed by atoms with Crippen LogP contribution in [-0.4, -0.2) is 28.1 Å². The molecule has 0 fully saturated rings. The normalized spacial score (nSPS) is 16.0. The molecular formula is C14H19BrN2O2S. The number of rotatable bonds is 5. The van der Waals surface area contributed by atoms with Crippen LogP contribution in [0.3, 0.4) is 0 Å². The Morgan fingerprint density at radius 1 is 1.40 bits per heavy atom. The van der Waals surface area contributed by atoms with Gasteiger partial charge >= 0.3 is 0 Å². The molecule has 0 aliphatic carbocycles. The molecule has 0 saturated heterocycles. The van der Waals surface area contributed by atoms with Crippen LogP contribution in [0.1, 0.15) is 18.4 Å². The summed E-state index contributed by atoms with van der Waals surface area (Å²) in [6.07, 6.45) is 3.91. The van der Waals surface area contributed by atoms with E-state index in [0.717, 1.165) is 36.0 Å². The number of hydrogen-bond acceptors (Lipinski definition) is 3. The second kappa shape index (κ2) is 6.85. The van der Waals surface area contributed by atoms with Crippen LogP contribution in [0, 0.1) is 6.92 Å². The van der Waals surface area contributed by atoms with Gasteiger partial charge < -0.3 is 5.32 Å². The maximum atomic E-state index is 12.3. The Morgan fingerprint density at radius 2 is 2.20 bits per heavy atom. The summed E-state index contributed by atoms with van der Waals surface area (Å²) >= 11 is 3.31. The highest BCUT2D eigenvalue weighted by atomic mass is 79.9. The molecule has 1 aromatic rings. The third-order valence-electron chi connectivity index (χ3n) is 3.34. The Labute approximate surface area is 128 Å². The zero-order valence-corrected chi connectivity index (χ0v) is 13.9. The molecule has 0 spiro atoms. The molecule has 0 amide bonds. The van der Waals surface area contributed by atoms with E-state index in [1.54, 1.807) is 19.1 Å². The first-order chi connectivity index (χ1) is 9.49. The Balaban J connectivity index is 2.00. The van der Waals surface area contributed by atoms with E-state index in [1.807, 2.05) is 6.07 Å². The predicted molar refractivity (Wildman–Crippen MR) is 84.3 cm³/mol. The second-order valence-corrected chi connectivity index (χ2v) is 7.53. The largest absolute Gasteiger partial charge is 0.313 e. The highest BCUT2D eigenvalue weighted by Crippen LogP contribution is 2.20. The highest BCUT2D eigenvalue weighted by molar-refractivity contribution is 9.10. The third-order valence-corrected chi connectivity index (χ3v) is 5.43. The summed E-state index contributed by atoms with van der Waals surface area (Å²) in [6.45, 7) is 4.10. The lowest BCUT2D eigenvalue weighted by Gasteiger charge is -2.14. The first-order valence-electron chi connectivity index (χ1n) is 6.63. The van der Waals surface area contributed by atoms with Crippen molar-refractivity contribution in [2.24, 2.45) is 0 Å². The third kappa shape index (κ3) is 4.15. The molecule has 0 radical (unpaired) electrons. The maximum Gasteiger partial charge on any atom is 0.240 e. The van der Waals surface area contributed by atoms with E-state index in [4.69, 9.17) is 0 Å². The van der Waals surface area contributed by atoms with Crippen molar-refractivity contribution < 1.29 is 8.42 Å². The molecule has 1 heterocycles. The lowest BCUT2D eigenvalue weighted by molar-refractivity contribution is 0.579. The van der Waals surface area contributed by atoms with Gasteiger partial charge in [-0.15, -0.1) is 0 Å². The number of nitrogens with one attached hydrogen (secondary N) is 2. The molecule has 0 unspecified atom stereocenters. The van der Waals surface area contributed by atoms with Gasteiger partial charge in [0.15, 0.2) is 0 Å². The molecule has 20 heavy (non-hydrogen) atoms. The van der Waals surface area contributed by atoms with Gasteiger partial charge in [-0.05, 0) is 44.0 Å².